The van der Waals surface area contributed by atoms with Gasteiger partial charge in [0.15, 0.2) is 0 Å². The summed E-state index contributed by atoms with van der Waals surface area (Å²) in [4.78, 5) is 12.6. The molecule has 140 valence electrons. The molecule has 1 amide bonds. The number of nitrogens with one attached hydrogen (secondary N) is 1. The van der Waals surface area contributed by atoms with Crippen molar-refractivity contribution in [3.8, 4) is 0 Å². The zero-order valence-corrected chi connectivity index (χ0v) is 15.9. The molecule has 26 heavy (non-hydrogen) atoms. The van der Waals surface area contributed by atoms with Gasteiger partial charge in [-0.15, -0.1) is 12.4 Å². The third-order valence-electron chi connectivity index (χ3n) is 5.21. The fraction of sp³-hybridized carbons (Fsp3) is 0.381. The van der Waals surface area contributed by atoms with Crippen LogP contribution in [0.5, 0.6) is 0 Å². The molecule has 1 aliphatic heterocycles. The number of carbonyl (C=O) groups is 1. The highest BCUT2D eigenvalue weighted by atomic mass is 35.5. The second-order valence-electron chi connectivity index (χ2n) is 6.81. The van der Waals surface area contributed by atoms with E-state index in [9.17, 15) is 4.79 Å². The molecule has 0 saturated carbocycles. The molecule has 1 atom stereocenters. The molecule has 1 heterocycles. The lowest BCUT2D eigenvalue weighted by Crippen LogP contribution is -2.47. The Balaban J connectivity index is 0.00000243. The maximum absolute atomic E-state index is 12.6. The van der Waals surface area contributed by atoms with Crippen LogP contribution in [0.4, 0.5) is 0 Å². The number of hydrogen-bond acceptors (Lipinski definition) is 3. The normalized spacial score (nSPS) is 17.0. The van der Waals surface area contributed by atoms with Crippen molar-refractivity contribution in [2.24, 2.45) is 5.73 Å². The molecule has 2 aromatic carbocycles. The number of benzene rings is 2. The molecule has 0 aromatic heterocycles. The fourth-order valence-corrected chi connectivity index (χ4v) is 3.65. The van der Waals surface area contributed by atoms with Crippen LogP contribution in [-0.4, -0.2) is 25.7 Å². The minimum atomic E-state index is -0.644. The summed E-state index contributed by atoms with van der Waals surface area (Å²) < 4.78 is 5.57. The molecule has 5 heteroatoms. The van der Waals surface area contributed by atoms with Crippen LogP contribution in [0.2, 0.25) is 0 Å². The first-order valence-electron chi connectivity index (χ1n) is 8.84. The van der Waals surface area contributed by atoms with Crippen LogP contribution in [0, 0.1) is 6.92 Å². The van der Waals surface area contributed by atoms with Gasteiger partial charge < -0.3 is 15.8 Å². The predicted molar refractivity (Wildman–Crippen MR) is 107 cm³/mol. The number of halogens is 1. The standard InChI is InChI=1S/C21H26N2O2.ClH/c1-16-7-5-6-10-18(16)21(11-13-25-14-12-21)15-23-20(24)19(22)17-8-3-2-4-9-17;/h2-10,19H,11-15,22H2,1H3,(H,23,24);1H. The van der Waals surface area contributed by atoms with Crippen LogP contribution >= 0.6 is 12.4 Å². The number of amides is 1. The molecule has 1 aliphatic rings. The van der Waals surface area contributed by atoms with Crippen LogP contribution in [0.1, 0.15) is 35.6 Å². The maximum atomic E-state index is 12.6. The Morgan fingerprint density at radius 3 is 2.38 bits per heavy atom. The van der Waals surface area contributed by atoms with E-state index in [1.54, 1.807) is 0 Å². The number of aryl methyl sites for hydroxylation is 1. The average Bonchev–Trinajstić information content (AvgIpc) is 2.67. The predicted octanol–water partition coefficient (Wildman–Crippen LogP) is 3.28. The Kier molecular flexibility index (Phi) is 7.21. The van der Waals surface area contributed by atoms with Crippen molar-refractivity contribution in [1.82, 2.24) is 5.32 Å². The lowest BCUT2D eigenvalue weighted by molar-refractivity contribution is -0.123. The number of rotatable bonds is 5. The first kappa shape index (κ1) is 20.4. The molecule has 2 aromatic rings. The van der Waals surface area contributed by atoms with E-state index in [1.165, 1.54) is 11.1 Å². The van der Waals surface area contributed by atoms with Crippen LogP contribution in [0.15, 0.2) is 54.6 Å². The highest BCUT2D eigenvalue weighted by Gasteiger charge is 2.36. The zero-order valence-electron chi connectivity index (χ0n) is 15.1. The van der Waals surface area contributed by atoms with Crippen LogP contribution < -0.4 is 11.1 Å². The van der Waals surface area contributed by atoms with Gasteiger partial charge in [0.2, 0.25) is 5.91 Å². The van der Waals surface area contributed by atoms with Gasteiger partial charge in [0, 0.05) is 25.2 Å². The third kappa shape index (κ3) is 4.44. The molecule has 1 saturated heterocycles. The van der Waals surface area contributed by atoms with E-state index in [1.807, 2.05) is 30.3 Å². The molecule has 0 bridgehead atoms. The van der Waals surface area contributed by atoms with Gasteiger partial charge in [-0.25, -0.2) is 0 Å². The van der Waals surface area contributed by atoms with Gasteiger partial charge in [0.1, 0.15) is 6.04 Å². The van der Waals surface area contributed by atoms with E-state index in [-0.39, 0.29) is 23.7 Å². The largest absolute Gasteiger partial charge is 0.381 e. The maximum Gasteiger partial charge on any atom is 0.241 e. The van der Waals surface area contributed by atoms with Crippen molar-refractivity contribution >= 4 is 18.3 Å². The number of hydrogen-bond donors (Lipinski definition) is 2. The third-order valence-corrected chi connectivity index (χ3v) is 5.21. The summed E-state index contributed by atoms with van der Waals surface area (Å²) in [5.41, 5.74) is 9.43. The topological polar surface area (TPSA) is 64.4 Å². The SMILES string of the molecule is Cc1ccccc1C1(CNC(=O)C(N)c2ccccc2)CCOCC1.Cl. The first-order chi connectivity index (χ1) is 12.1. The molecule has 4 nitrogen and oxygen atoms in total. The molecule has 0 radical (unpaired) electrons. The Hall–Kier alpha value is -1.88. The second kappa shape index (κ2) is 9.17. The van der Waals surface area contributed by atoms with Crippen LogP contribution in [-0.2, 0) is 14.9 Å². The van der Waals surface area contributed by atoms with Crippen LogP contribution in [0.3, 0.4) is 0 Å². The summed E-state index contributed by atoms with van der Waals surface area (Å²) in [5, 5.41) is 3.10. The minimum absolute atomic E-state index is 0. The summed E-state index contributed by atoms with van der Waals surface area (Å²) in [7, 11) is 0. The lowest BCUT2D eigenvalue weighted by Gasteiger charge is -2.39. The summed E-state index contributed by atoms with van der Waals surface area (Å²) in [5.74, 6) is -0.134. The van der Waals surface area contributed by atoms with Crippen molar-refractivity contribution in [2.75, 3.05) is 19.8 Å². The minimum Gasteiger partial charge on any atom is -0.381 e. The average molecular weight is 375 g/mol. The number of ether oxygens (including phenoxy) is 1. The molecule has 0 spiro atoms. The van der Waals surface area contributed by atoms with Gasteiger partial charge in [-0.2, -0.15) is 0 Å². The Labute approximate surface area is 161 Å². The van der Waals surface area contributed by atoms with Gasteiger partial charge in [-0.05, 0) is 36.5 Å². The van der Waals surface area contributed by atoms with Gasteiger partial charge >= 0.3 is 0 Å². The van der Waals surface area contributed by atoms with E-state index >= 15 is 0 Å². The van der Waals surface area contributed by atoms with Crippen molar-refractivity contribution in [1.29, 1.82) is 0 Å². The summed E-state index contributed by atoms with van der Waals surface area (Å²) >= 11 is 0. The van der Waals surface area contributed by atoms with Crippen molar-refractivity contribution < 1.29 is 9.53 Å². The summed E-state index contributed by atoms with van der Waals surface area (Å²) in [6, 6.07) is 17.3. The molecular formula is C21H27ClN2O2. The molecule has 1 fully saturated rings. The van der Waals surface area contributed by atoms with E-state index in [0.717, 1.165) is 31.6 Å². The van der Waals surface area contributed by atoms with E-state index < -0.39 is 6.04 Å². The molecule has 3 rings (SSSR count). The molecule has 3 N–H and O–H groups in total. The molecule has 0 aliphatic carbocycles. The fourth-order valence-electron chi connectivity index (χ4n) is 3.65. The zero-order chi connectivity index (χ0) is 17.7. The molecule has 1 unspecified atom stereocenters. The summed E-state index contributed by atoms with van der Waals surface area (Å²) in [6.07, 6.45) is 1.80. The highest BCUT2D eigenvalue weighted by Crippen LogP contribution is 2.36. The highest BCUT2D eigenvalue weighted by molar-refractivity contribution is 5.85. The van der Waals surface area contributed by atoms with E-state index in [0.29, 0.717) is 6.54 Å². The quantitative estimate of drug-likeness (QED) is 0.844. The monoisotopic (exact) mass is 374 g/mol. The Morgan fingerprint density at radius 1 is 1.12 bits per heavy atom. The molecular weight excluding hydrogens is 348 g/mol. The van der Waals surface area contributed by atoms with Crippen LogP contribution in [0.25, 0.3) is 0 Å². The van der Waals surface area contributed by atoms with Crippen molar-refractivity contribution in [3.05, 3.63) is 71.3 Å². The number of nitrogens with two attached hydrogens (primary N) is 1. The Bertz CT molecular complexity index is 715. The van der Waals surface area contributed by atoms with Gasteiger partial charge in [-0.3, -0.25) is 4.79 Å². The van der Waals surface area contributed by atoms with Crippen molar-refractivity contribution in [3.63, 3.8) is 0 Å². The summed E-state index contributed by atoms with van der Waals surface area (Å²) in [6.45, 7) is 4.15. The van der Waals surface area contributed by atoms with Gasteiger partial charge in [0.05, 0.1) is 0 Å². The van der Waals surface area contributed by atoms with Gasteiger partial charge in [0.25, 0.3) is 0 Å². The van der Waals surface area contributed by atoms with E-state index in [2.05, 4.69) is 36.5 Å². The smallest absolute Gasteiger partial charge is 0.241 e. The lowest BCUT2D eigenvalue weighted by atomic mass is 9.72. The number of carbonyl (C=O) groups excluding carboxylic acids is 1. The Morgan fingerprint density at radius 2 is 1.73 bits per heavy atom. The second-order valence-corrected chi connectivity index (χ2v) is 6.81. The first-order valence-corrected chi connectivity index (χ1v) is 8.84. The van der Waals surface area contributed by atoms with Crippen molar-refractivity contribution in [2.45, 2.75) is 31.2 Å². The van der Waals surface area contributed by atoms with E-state index in [4.69, 9.17) is 10.5 Å². The van der Waals surface area contributed by atoms with Gasteiger partial charge in [-0.1, -0.05) is 54.6 Å².